The van der Waals surface area contributed by atoms with E-state index in [1.54, 1.807) is 12.1 Å². The third-order valence-electron chi connectivity index (χ3n) is 2.72. The number of rotatable bonds is 4. The van der Waals surface area contributed by atoms with Gasteiger partial charge in [0, 0.05) is 24.4 Å². The van der Waals surface area contributed by atoms with Gasteiger partial charge in [-0.15, -0.1) is 0 Å². The highest BCUT2D eigenvalue weighted by Gasteiger charge is 2.08. The molecule has 1 aromatic heterocycles. The van der Waals surface area contributed by atoms with Crippen molar-refractivity contribution >= 4 is 29.0 Å². The van der Waals surface area contributed by atoms with E-state index in [0.29, 0.717) is 15.9 Å². The summed E-state index contributed by atoms with van der Waals surface area (Å²) in [4.78, 5) is 9.01. The Morgan fingerprint density at radius 3 is 2.53 bits per heavy atom. The lowest BCUT2D eigenvalue weighted by Gasteiger charge is -2.08. The molecular formula is C14H15Cl2N3. The van der Waals surface area contributed by atoms with Gasteiger partial charge in [0.15, 0.2) is 5.82 Å². The summed E-state index contributed by atoms with van der Waals surface area (Å²) in [6.07, 6.45) is 1.96. The molecular weight excluding hydrogens is 281 g/mol. The first kappa shape index (κ1) is 14.1. The Balaban J connectivity index is 2.47. The number of nitrogens with zero attached hydrogens (tertiary/aromatic N) is 2. The minimum Gasteiger partial charge on any atom is -0.373 e. The maximum atomic E-state index is 6.04. The van der Waals surface area contributed by atoms with Crippen molar-refractivity contribution in [2.45, 2.75) is 19.8 Å². The second-order valence-corrected chi connectivity index (χ2v) is 5.01. The van der Waals surface area contributed by atoms with Gasteiger partial charge in [-0.05, 0) is 24.6 Å². The molecule has 0 aliphatic heterocycles. The Hall–Kier alpha value is -1.32. The molecule has 19 heavy (non-hydrogen) atoms. The molecule has 2 rings (SSSR count). The van der Waals surface area contributed by atoms with Crippen LogP contribution < -0.4 is 5.32 Å². The lowest BCUT2D eigenvalue weighted by molar-refractivity contribution is 0.876. The van der Waals surface area contributed by atoms with Gasteiger partial charge in [0.1, 0.15) is 5.82 Å². The summed E-state index contributed by atoms with van der Waals surface area (Å²) in [7, 11) is 1.84. The zero-order chi connectivity index (χ0) is 13.8. The van der Waals surface area contributed by atoms with Gasteiger partial charge < -0.3 is 5.32 Å². The molecule has 0 aliphatic rings. The van der Waals surface area contributed by atoms with Crippen LogP contribution in [0.4, 0.5) is 5.82 Å². The fourth-order valence-electron chi connectivity index (χ4n) is 1.77. The molecule has 0 radical (unpaired) electrons. The summed E-state index contributed by atoms with van der Waals surface area (Å²) >= 11 is 12.0. The van der Waals surface area contributed by atoms with Gasteiger partial charge in [-0.3, -0.25) is 0 Å². The van der Waals surface area contributed by atoms with E-state index in [2.05, 4.69) is 22.2 Å². The second kappa shape index (κ2) is 6.22. The fraction of sp³-hybridized carbons (Fsp3) is 0.286. The van der Waals surface area contributed by atoms with Gasteiger partial charge in [-0.25, -0.2) is 9.97 Å². The van der Waals surface area contributed by atoms with E-state index in [0.717, 1.165) is 29.9 Å². The summed E-state index contributed by atoms with van der Waals surface area (Å²) < 4.78 is 0. The summed E-state index contributed by atoms with van der Waals surface area (Å²) in [6.45, 7) is 2.12. The highest BCUT2D eigenvalue weighted by molar-refractivity contribution is 6.42. The highest BCUT2D eigenvalue weighted by atomic mass is 35.5. The third-order valence-corrected chi connectivity index (χ3v) is 3.46. The van der Waals surface area contributed by atoms with E-state index in [-0.39, 0.29) is 0 Å². The Bertz CT molecular complexity index is 585. The van der Waals surface area contributed by atoms with Gasteiger partial charge in [0.05, 0.1) is 10.0 Å². The molecule has 0 spiro atoms. The number of halogens is 2. The standard InChI is InChI=1S/C14H15Cl2N3/c1-3-4-10-8-13(17-2)19-14(18-10)9-5-6-11(15)12(16)7-9/h5-8H,3-4H2,1-2H3,(H,17,18,19). The molecule has 0 bridgehead atoms. The van der Waals surface area contributed by atoms with Gasteiger partial charge in [-0.2, -0.15) is 0 Å². The average Bonchev–Trinajstić information content (AvgIpc) is 2.42. The monoisotopic (exact) mass is 295 g/mol. The molecule has 100 valence electrons. The maximum Gasteiger partial charge on any atom is 0.161 e. The maximum absolute atomic E-state index is 6.04. The Morgan fingerprint density at radius 1 is 1.11 bits per heavy atom. The van der Waals surface area contributed by atoms with Crippen molar-refractivity contribution in [3.05, 3.63) is 40.0 Å². The van der Waals surface area contributed by atoms with Gasteiger partial charge in [0.25, 0.3) is 0 Å². The highest BCUT2D eigenvalue weighted by Crippen LogP contribution is 2.27. The van der Waals surface area contributed by atoms with Crippen molar-refractivity contribution < 1.29 is 0 Å². The number of hydrogen-bond donors (Lipinski definition) is 1. The lowest BCUT2D eigenvalue weighted by atomic mass is 10.2. The quantitative estimate of drug-likeness (QED) is 0.906. The first-order valence-electron chi connectivity index (χ1n) is 6.15. The average molecular weight is 296 g/mol. The van der Waals surface area contributed by atoms with Crippen molar-refractivity contribution in [1.29, 1.82) is 0 Å². The van der Waals surface area contributed by atoms with E-state index in [1.165, 1.54) is 0 Å². The minimum atomic E-state index is 0.509. The number of nitrogens with one attached hydrogen (secondary N) is 1. The van der Waals surface area contributed by atoms with E-state index < -0.39 is 0 Å². The molecule has 1 aromatic carbocycles. The van der Waals surface area contributed by atoms with Gasteiger partial charge in [0.2, 0.25) is 0 Å². The van der Waals surface area contributed by atoms with Crippen LogP contribution in [0, 0.1) is 0 Å². The van der Waals surface area contributed by atoms with Crippen LogP contribution >= 0.6 is 23.2 Å². The van der Waals surface area contributed by atoms with Crippen LogP contribution in [-0.2, 0) is 6.42 Å². The number of benzene rings is 1. The second-order valence-electron chi connectivity index (χ2n) is 4.20. The number of hydrogen-bond acceptors (Lipinski definition) is 3. The first-order chi connectivity index (χ1) is 9.13. The molecule has 0 amide bonds. The molecule has 1 N–H and O–H groups in total. The number of aromatic nitrogens is 2. The topological polar surface area (TPSA) is 37.8 Å². The minimum absolute atomic E-state index is 0.509. The molecule has 0 saturated heterocycles. The Kier molecular flexibility index (Phi) is 4.61. The van der Waals surface area contributed by atoms with Crippen molar-refractivity contribution in [3.8, 4) is 11.4 Å². The SMILES string of the molecule is CCCc1cc(NC)nc(-c2ccc(Cl)c(Cl)c2)n1. The molecule has 2 aromatic rings. The summed E-state index contributed by atoms with van der Waals surface area (Å²) in [5.41, 5.74) is 1.88. The van der Waals surface area contributed by atoms with Crippen molar-refractivity contribution in [1.82, 2.24) is 9.97 Å². The van der Waals surface area contributed by atoms with Gasteiger partial charge in [-0.1, -0.05) is 36.5 Å². The molecule has 5 heteroatoms. The normalized spacial score (nSPS) is 10.5. The fourth-order valence-corrected chi connectivity index (χ4v) is 2.07. The molecule has 0 saturated carbocycles. The molecule has 0 unspecified atom stereocenters. The summed E-state index contributed by atoms with van der Waals surface area (Å²) in [5.74, 6) is 1.47. The van der Waals surface area contributed by atoms with E-state index in [4.69, 9.17) is 23.2 Å². The summed E-state index contributed by atoms with van der Waals surface area (Å²) in [6, 6.07) is 7.38. The third kappa shape index (κ3) is 3.37. The van der Waals surface area contributed by atoms with Crippen molar-refractivity contribution in [2.75, 3.05) is 12.4 Å². The zero-order valence-electron chi connectivity index (χ0n) is 10.9. The van der Waals surface area contributed by atoms with E-state index in [1.807, 2.05) is 19.2 Å². The number of aryl methyl sites for hydroxylation is 1. The van der Waals surface area contributed by atoms with Crippen molar-refractivity contribution in [2.24, 2.45) is 0 Å². The number of anilines is 1. The van der Waals surface area contributed by atoms with Crippen LogP contribution in [0.3, 0.4) is 0 Å². The molecule has 1 heterocycles. The van der Waals surface area contributed by atoms with Crippen LogP contribution in [0.2, 0.25) is 10.0 Å². The molecule has 0 atom stereocenters. The smallest absolute Gasteiger partial charge is 0.161 e. The summed E-state index contributed by atoms with van der Waals surface area (Å²) in [5, 5.41) is 4.09. The van der Waals surface area contributed by atoms with Crippen molar-refractivity contribution in [3.63, 3.8) is 0 Å². The van der Waals surface area contributed by atoms with Crippen LogP contribution in [0.5, 0.6) is 0 Å². The van der Waals surface area contributed by atoms with E-state index in [9.17, 15) is 0 Å². The van der Waals surface area contributed by atoms with Gasteiger partial charge >= 0.3 is 0 Å². The van der Waals surface area contributed by atoms with Crippen LogP contribution in [0.15, 0.2) is 24.3 Å². The Morgan fingerprint density at radius 2 is 1.89 bits per heavy atom. The van der Waals surface area contributed by atoms with Crippen LogP contribution in [-0.4, -0.2) is 17.0 Å². The Labute approximate surface area is 123 Å². The zero-order valence-corrected chi connectivity index (χ0v) is 12.4. The molecule has 3 nitrogen and oxygen atoms in total. The molecule has 0 fully saturated rings. The predicted octanol–water partition coefficient (Wildman–Crippen LogP) is 4.44. The van der Waals surface area contributed by atoms with E-state index >= 15 is 0 Å². The van der Waals surface area contributed by atoms with Crippen LogP contribution in [0.25, 0.3) is 11.4 Å². The lowest BCUT2D eigenvalue weighted by Crippen LogP contribution is -2.01. The first-order valence-corrected chi connectivity index (χ1v) is 6.90. The molecule has 0 aliphatic carbocycles. The largest absolute Gasteiger partial charge is 0.373 e. The van der Waals surface area contributed by atoms with Crippen LogP contribution in [0.1, 0.15) is 19.0 Å². The predicted molar refractivity (Wildman–Crippen MR) is 81.0 cm³/mol.